The van der Waals surface area contributed by atoms with Gasteiger partial charge in [-0.2, -0.15) is 0 Å². The van der Waals surface area contributed by atoms with Gasteiger partial charge in [-0.25, -0.2) is 0 Å². The molecule has 0 spiro atoms. The quantitative estimate of drug-likeness (QED) is 0.373. The molecule has 2 aromatic carbocycles. The molecule has 8 heteroatoms. The van der Waals surface area contributed by atoms with Crippen molar-refractivity contribution in [3.05, 3.63) is 61.4 Å². The zero-order valence-electron chi connectivity index (χ0n) is 11.4. The van der Waals surface area contributed by atoms with Crippen LogP contribution in [-0.2, 0) is 0 Å². The highest BCUT2D eigenvalue weighted by Crippen LogP contribution is 2.39. The SMILES string of the molecule is O=[N+]([O-])c1cc(Cl)c(O)c(N=Cc2sc3ccccc3c2Cl)c1. The first-order valence-electron chi connectivity index (χ1n) is 6.35. The molecule has 0 aliphatic carbocycles. The minimum absolute atomic E-state index is 0.0118. The van der Waals surface area contributed by atoms with Crippen molar-refractivity contribution < 1.29 is 10.0 Å². The summed E-state index contributed by atoms with van der Waals surface area (Å²) in [4.78, 5) is 15.0. The van der Waals surface area contributed by atoms with E-state index in [4.69, 9.17) is 23.2 Å². The lowest BCUT2D eigenvalue weighted by atomic mass is 10.2. The van der Waals surface area contributed by atoms with E-state index in [2.05, 4.69) is 4.99 Å². The molecule has 0 unspecified atom stereocenters. The van der Waals surface area contributed by atoms with Gasteiger partial charge < -0.3 is 5.11 Å². The summed E-state index contributed by atoms with van der Waals surface area (Å²) in [5, 5.41) is 22.1. The first-order chi connectivity index (χ1) is 11.0. The monoisotopic (exact) mass is 366 g/mol. The number of nitro groups is 1. The normalized spacial score (nSPS) is 11.4. The fourth-order valence-electron chi connectivity index (χ4n) is 2.02. The molecule has 0 fully saturated rings. The Labute approximate surface area is 144 Å². The van der Waals surface area contributed by atoms with Crippen molar-refractivity contribution in [1.82, 2.24) is 0 Å². The summed E-state index contributed by atoms with van der Waals surface area (Å²) in [6.07, 6.45) is 1.46. The van der Waals surface area contributed by atoms with Crippen molar-refractivity contribution in [2.75, 3.05) is 0 Å². The molecule has 1 N–H and O–H groups in total. The van der Waals surface area contributed by atoms with Gasteiger partial charge in [-0.05, 0) is 6.07 Å². The Morgan fingerprint density at radius 3 is 2.70 bits per heavy atom. The molecule has 0 amide bonds. The predicted octanol–water partition coefficient (Wildman–Crippen LogP) is 5.57. The van der Waals surface area contributed by atoms with Crippen LogP contribution in [-0.4, -0.2) is 16.2 Å². The van der Waals surface area contributed by atoms with Gasteiger partial charge in [0.25, 0.3) is 5.69 Å². The van der Waals surface area contributed by atoms with Crippen molar-refractivity contribution in [3.8, 4) is 5.75 Å². The van der Waals surface area contributed by atoms with Crippen molar-refractivity contribution >= 4 is 62.2 Å². The second-order valence-electron chi connectivity index (χ2n) is 4.59. The third-order valence-electron chi connectivity index (χ3n) is 3.12. The van der Waals surface area contributed by atoms with Crippen LogP contribution in [0.15, 0.2) is 41.4 Å². The van der Waals surface area contributed by atoms with E-state index in [9.17, 15) is 15.2 Å². The summed E-state index contributed by atoms with van der Waals surface area (Å²) in [6, 6.07) is 9.84. The number of hydrogen-bond acceptors (Lipinski definition) is 5. The largest absolute Gasteiger partial charge is 0.504 e. The first-order valence-corrected chi connectivity index (χ1v) is 7.92. The van der Waals surface area contributed by atoms with E-state index in [0.29, 0.717) is 9.90 Å². The number of halogens is 2. The van der Waals surface area contributed by atoms with Gasteiger partial charge in [-0.1, -0.05) is 41.4 Å². The Hall–Kier alpha value is -2.15. The lowest BCUT2D eigenvalue weighted by Crippen LogP contribution is -1.87. The molecule has 0 aliphatic rings. The second-order valence-corrected chi connectivity index (χ2v) is 6.46. The van der Waals surface area contributed by atoms with E-state index < -0.39 is 4.92 Å². The summed E-state index contributed by atoms with van der Waals surface area (Å²) >= 11 is 13.5. The fraction of sp³-hybridized carbons (Fsp3) is 0. The molecule has 23 heavy (non-hydrogen) atoms. The van der Waals surface area contributed by atoms with E-state index >= 15 is 0 Å². The average molecular weight is 367 g/mol. The van der Waals surface area contributed by atoms with Crippen molar-refractivity contribution in [3.63, 3.8) is 0 Å². The highest BCUT2D eigenvalue weighted by atomic mass is 35.5. The van der Waals surface area contributed by atoms with Crippen LogP contribution in [0.2, 0.25) is 10.0 Å². The Balaban J connectivity index is 2.05. The number of hydrogen-bond donors (Lipinski definition) is 1. The maximum absolute atomic E-state index is 10.9. The number of fused-ring (bicyclic) bond motifs is 1. The van der Waals surface area contributed by atoms with Crippen LogP contribution >= 0.6 is 34.5 Å². The van der Waals surface area contributed by atoms with Crippen molar-refractivity contribution in [1.29, 1.82) is 0 Å². The van der Waals surface area contributed by atoms with Gasteiger partial charge in [0.2, 0.25) is 0 Å². The fourth-order valence-corrected chi connectivity index (χ4v) is 3.58. The summed E-state index contributed by atoms with van der Waals surface area (Å²) in [6.45, 7) is 0. The Bertz CT molecular complexity index is 953. The van der Waals surface area contributed by atoms with Crippen LogP contribution in [0.25, 0.3) is 10.1 Å². The van der Waals surface area contributed by atoms with Gasteiger partial charge >= 0.3 is 0 Å². The van der Waals surface area contributed by atoms with Gasteiger partial charge in [0.15, 0.2) is 5.75 Å². The maximum atomic E-state index is 10.9. The minimum atomic E-state index is -0.600. The number of nitro benzene ring substituents is 1. The molecule has 0 saturated heterocycles. The molecule has 0 aliphatic heterocycles. The van der Waals surface area contributed by atoms with Crippen molar-refractivity contribution in [2.24, 2.45) is 4.99 Å². The van der Waals surface area contributed by atoms with Crippen LogP contribution in [0.1, 0.15) is 4.88 Å². The number of nitrogens with zero attached hydrogens (tertiary/aromatic N) is 2. The average Bonchev–Trinajstić information content (AvgIpc) is 2.85. The molecule has 5 nitrogen and oxygen atoms in total. The Kier molecular flexibility index (Phi) is 4.21. The molecule has 116 valence electrons. The van der Waals surface area contributed by atoms with Gasteiger partial charge in [-0.3, -0.25) is 15.1 Å². The molecule has 3 aromatic rings. The number of phenols is 1. The van der Waals surface area contributed by atoms with Gasteiger partial charge in [0.1, 0.15) is 5.69 Å². The number of thiophene rings is 1. The molecule has 3 rings (SSSR count). The molecule has 0 radical (unpaired) electrons. The molecular weight excluding hydrogens is 359 g/mol. The van der Waals surface area contributed by atoms with Gasteiger partial charge in [0, 0.05) is 28.4 Å². The number of rotatable bonds is 3. The van der Waals surface area contributed by atoms with Gasteiger partial charge in [0.05, 0.1) is 19.8 Å². The second kappa shape index (κ2) is 6.16. The molecule has 0 bridgehead atoms. The summed E-state index contributed by atoms with van der Waals surface area (Å²) in [5.41, 5.74) is -0.236. The summed E-state index contributed by atoms with van der Waals surface area (Å²) in [5.74, 6) is -0.314. The zero-order chi connectivity index (χ0) is 16.6. The predicted molar refractivity (Wildman–Crippen MR) is 93.9 cm³/mol. The van der Waals surface area contributed by atoms with E-state index in [0.717, 1.165) is 22.2 Å². The van der Waals surface area contributed by atoms with Crippen LogP contribution in [0.5, 0.6) is 5.75 Å². The third-order valence-corrected chi connectivity index (χ3v) is 5.03. The molecular formula is C15H8Cl2N2O3S. The minimum Gasteiger partial charge on any atom is -0.504 e. The third kappa shape index (κ3) is 3.01. The molecule has 0 atom stereocenters. The molecule has 0 saturated carbocycles. The Morgan fingerprint density at radius 1 is 1.26 bits per heavy atom. The highest BCUT2D eigenvalue weighted by molar-refractivity contribution is 7.21. The van der Waals surface area contributed by atoms with Crippen LogP contribution in [0.4, 0.5) is 11.4 Å². The number of aliphatic imine (C=N–C) groups is 1. The van der Waals surface area contributed by atoms with E-state index in [-0.39, 0.29) is 22.1 Å². The van der Waals surface area contributed by atoms with Crippen LogP contribution < -0.4 is 0 Å². The summed E-state index contributed by atoms with van der Waals surface area (Å²) in [7, 11) is 0. The standard InChI is InChI=1S/C15H8Cl2N2O3S/c16-10-5-8(19(21)22)6-11(15(10)20)18-7-13-14(17)9-3-1-2-4-12(9)23-13/h1-7,20H. The van der Waals surface area contributed by atoms with E-state index in [1.165, 1.54) is 17.6 Å². The number of phenolic OH excluding ortho intramolecular Hbond substituents is 1. The van der Waals surface area contributed by atoms with Crippen LogP contribution in [0.3, 0.4) is 0 Å². The van der Waals surface area contributed by atoms with Crippen LogP contribution in [0, 0.1) is 10.1 Å². The lowest BCUT2D eigenvalue weighted by molar-refractivity contribution is -0.384. The van der Waals surface area contributed by atoms with E-state index in [1.807, 2.05) is 24.3 Å². The topological polar surface area (TPSA) is 75.7 Å². The summed E-state index contributed by atoms with van der Waals surface area (Å²) < 4.78 is 1.00. The Morgan fingerprint density at radius 2 is 2.00 bits per heavy atom. The van der Waals surface area contributed by atoms with E-state index in [1.54, 1.807) is 0 Å². The van der Waals surface area contributed by atoms with Crippen molar-refractivity contribution in [2.45, 2.75) is 0 Å². The maximum Gasteiger partial charge on any atom is 0.273 e. The molecule has 1 heterocycles. The zero-order valence-corrected chi connectivity index (χ0v) is 13.7. The molecule has 1 aromatic heterocycles. The number of benzene rings is 2. The number of non-ortho nitro benzene ring substituents is 1. The number of aromatic hydroxyl groups is 1. The lowest BCUT2D eigenvalue weighted by Gasteiger charge is -2.01. The highest BCUT2D eigenvalue weighted by Gasteiger charge is 2.15. The van der Waals surface area contributed by atoms with Gasteiger partial charge in [-0.15, -0.1) is 11.3 Å². The smallest absolute Gasteiger partial charge is 0.273 e. The first kappa shape index (κ1) is 15.7.